The van der Waals surface area contributed by atoms with Gasteiger partial charge in [-0.1, -0.05) is 12.1 Å². The number of likely N-dealkylation sites (tertiary alicyclic amines) is 1. The Labute approximate surface area is 198 Å². The van der Waals surface area contributed by atoms with Gasteiger partial charge in [0.2, 0.25) is 11.8 Å². The van der Waals surface area contributed by atoms with E-state index >= 15 is 0 Å². The largest absolute Gasteiger partial charge is 0.497 e. The molecule has 0 aliphatic carbocycles. The van der Waals surface area contributed by atoms with E-state index in [0.717, 1.165) is 37.1 Å². The van der Waals surface area contributed by atoms with Crippen LogP contribution in [-0.2, 0) is 27.3 Å². The first-order valence-electron chi connectivity index (χ1n) is 10.9. The first kappa shape index (κ1) is 26.3. The first-order chi connectivity index (χ1) is 15.9. The highest BCUT2D eigenvalue weighted by Crippen LogP contribution is 2.17. The van der Waals surface area contributed by atoms with Gasteiger partial charge >= 0.3 is 0 Å². The van der Waals surface area contributed by atoms with Crippen LogP contribution in [0.15, 0.2) is 41.1 Å². The van der Waals surface area contributed by atoms with Crippen LogP contribution in [0.2, 0.25) is 0 Å². The van der Waals surface area contributed by atoms with E-state index < -0.39 is 0 Å². The number of carbonyl (C=O) groups excluding carboxylic acids is 2. The minimum Gasteiger partial charge on any atom is -0.497 e. The summed E-state index contributed by atoms with van der Waals surface area (Å²) in [6, 6.07) is 9.86. The van der Waals surface area contributed by atoms with Gasteiger partial charge in [-0.3, -0.25) is 14.4 Å². The standard InChI is InChI=1S/C23H31N3O3S.CH2O2/c1-26-14-19(23(28)24-13-17-3-8-21(29-2)9-4-17)6-7-20(15-26)25-22(27)10-5-18-11-12-30-16-18;2-1-3/h3-4,8-9,11-12,16,19-20H,5-7,10,13-15H2,1-2H3,(H,24,28)(H,25,27);1H,(H,2,3)/t19-,20+;/m1./s1. The lowest BCUT2D eigenvalue weighted by atomic mass is 10.0. The first-order valence-corrected chi connectivity index (χ1v) is 11.9. The number of likely N-dealkylation sites (N-methyl/N-ethyl adjacent to an activating group) is 1. The number of aryl methyl sites for hydroxylation is 1. The number of ether oxygens (including phenoxy) is 1. The number of methoxy groups -OCH3 is 1. The molecule has 1 aromatic heterocycles. The molecule has 2 amide bonds. The summed E-state index contributed by atoms with van der Waals surface area (Å²) in [5, 5.41) is 17.2. The molecule has 1 fully saturated rings. The molecule has 0 spiro atoms. The minimum absolute atomic E-state index is 0.0686. The van der Waals surface area contributed by atoms with E-state index in [1.807, 2.05) is 36.7 Å². The van der Waals surface area contributed by atoms with Crippen LogP contribution in [0.5, 0.6) is 5.75 Å². The van der Waals surface area contributed by atoms with Crippen molar-refractivity contribution in [3.63, 3.8) is 0 Å². The molecule has 0 saturated carbocycles. The third-order valence-electron chi connectivity index (χ3n) is 5.51. The topological polar surface area (TPSA) is 108 Å². The number of carboxylic acid groups (broad SMARTS) is 1. The highest BCUT2D eigenvalue weighted by Gasteiger charge is 2.27. The van der Waals surface area contributed by atoms with Crippen LogP contribution in [0.3, 0.4) is 0 Å². The lowest BCUT2D eigenvalue weighted by Gasteiger charge is -2.22. The molecule has 9 heteroatoms. The van der Waals surface area contributed by atoms with E-state index in [1.165, 1.54) is 5.56 Å². The lowest BCUT2D eigenvalue weighted by Crippen LogP contribution is -2.42. The van der Waals surface area contributed by atoms with Gasteiger partial charge in [-0.25, -0.2) is 0 Å². The van der Waals surface area contributed by atoms with Crippen molar-refractivity contribution in [1.82, 2.24) is 15.5 Å². The Morgan fingerprint density at radius 1 is 1.18 bits per heavy atom. The monoisotopic (exact) mass is 475 g/mol. The Morgan fingerprint density at radius 3 is 2.55 bits per heavy atom. The van der Waals surface area contributed by atoms with E-state index in [2.05, 4.69) is 27.0 Å². The van der Waals surface area contributed by atoms with Crippen LogP contribution in [0, 0.1) is 5.92 Å². The molecule has 1 aliphatic heterocycles. The second kappa shape index (κ2) is 14.3. The Hall–Kier alpha value is -2.91. The van der Waals surface area contributed by atoms with Gasteiger partial charge in [0.15, 0.2) is 0 Å². The lowest BCUT2D eigenvalue weighted by molar-refractivity contribution is -0.126. The van der Waals surface area contributed by atoms with Crippen molar-refractivity contribution in [3.8, 4) is 5.75 Å². The van der Waals surface area contributed by atoms with Crippen molar-refractivity contribution in [2.45, 2.75) is 38.3 Å². The van der Waals surface area contributed by atoms with Crippen molar-refractivity contribution >= 4 is 29.6 Å². The number of benzene rings is 1. The fourth-order valence-electron chi connectivity index (χ4n) is 3.81. The van der Waals surface area contributed by atoms with E-state index in [1.54, 1.807) is 18.4 Å². The van der Waals surface area contributed by atoms with Gasteiger partial charge in [-0.2, -0.15) is 11.3 Å². The predicted molar refractivity (Wildman–Crippen MR) is 128 cm³/mol. The van der Waals surface area contributed by atoms with Gasteiger partial charge < -0.3 is 25.4 Å². The predicted octanol–water partition coefficient (Wildman–Crippen LogP) is 2.53. The molecule has 180 valence electrons. The average molecular weight is 476 g/mol. The van der Waals surface area contributed by atoms with Crippen LogP contribution >= 0.6 is 11.3 Å². The average Bonchev–Trinajstić information content (AvgIpc) is 3.26. The number of nitrogens with one attached hydrogen (secondary N) is 2. The maximum atomic E-state index is 12.7. The Morgan fingerprint density at radius 2 is 1.91 bits per heavy atom. The van der Waals surface area contributed by atoms with Gasteiger partial charge in [0.25, 0.3) is 6.47 Å². The van der Waals surface area contributed by atoms with Crippen LogP contribution in [0.1, 0.15) is 30.4 Å². The van der Waals surface area contributed by atoms with Crippen LogP contribution < -0.4 is 15.4 Å². The molecule has 3 rings (SSSR count). The molecule has 33 heavy (non-hydrogen) atoms. The maximum absolute atomic E-state index is 12.7. The van der Waals surface area contributed by atoms with Crippen LogP contribution in [0.4, 0.5) is 0 Å². The molecular weight excluding hydrogens is 442 g/mol. The second-order valence-electron chi connectivity index (χ2n) is 8.06. The molecule has 2 aromatic rings. The van der Waals surface area contributed by atoms with Gasteiger partial charge in [0.1, 0.15) is 5.75 Å². The second-order valence-corrected chi connectivity index (χ2v) is 8.84. The number of hydrogen-bond acceptors (Lipinski definition) is 6. The summed E-state index contributed by atoms with van der Waals surface area (Å²) in [4.78, 5) is 35.5. The fourth-order valence-corrected chi connectivity index (χ4v) is 4.52. The molecule has 0 radical (unpaired) electrons. The highest BCUT2D eigenvalue weighted by atomic mass is 32.1. The molecular formula is C24H33N3O5S. The van der Waals surface area contributed by atoms with Crippen molar-refractivity contribution < 1.29 is 24.2 Å². The quantitative estimate of drug-likeness (QED) is 0.507. The summed E-state index contributed by atoms with van der Waals surface area (Å²) in [6.45, 7) is 1.73. The minimum atomic E-state index is -0.250. The van der Waals surface area contributed by atoms with Crippen molar-refractivity contribution in [3.05, 3.63) is 52.2 Å². The van der Waals surface area contributed by atoms with E-state index in [-0.39, 0.29) is 30.2 Å². The molecule has 2 heterocycles. The molecule has 2 atom stereocenters. The molecule has 0 unspecified atom stereocenters. The Kier molecular flexibility index (Phi) is 11.4. The zero-order valence-corrected chi connectivity index (χ0v) is 20.0. The Balaban J connectivity index is 0.00000122. The molecule has 1 aromatic carbocycles. The van der Waals surface area contributed by atoms with Gasteiger partial charge in [-0.15, -0.1) is 0 Å². The van der Waals surface area contributed by atoms with Gasteiger partial charge in [0, 0.05) is 32.1 Å². The molecule has 1 saturated heterocycles. The summed E-state index contributed by atoms with van der Waals surface area (Å²) in [5.74, 6) is 0.893. The number of hydrogen-bond donors (Lipinski definition) is 3. The number of amides is 2. The third-order valence-corrected chi connectivity index (χ3v) is 6.24. The summed E-state index contributed by atoms with van der Waals surface area (Å²) < 4.78 is 5.16. The number of thiophene rings is 1. The molecule has 3 N–H and O–H groups in total. The molecule has 1 aliphatic rings. The van der Waals surface area contributed by atoms with Gasteiger partial charge in [-0.05, 0) is 66.4 Å². The zero-order valence-electron chi connectivity index (χ0n) is 19.2. The fraction of sp³-hybridized carbons (Fsp3) is 0.458. The van der Waals surface area contributed by atoms with E-state index in [0.29, 0.717) is 19.5 Å². The Bertz CT molecular complexity index is 857. The van der Waals surface area contributed by atoms with Crippen molar-refractivity contribution in [2.75, 3.05) is 27.2 Å². The van der Waals surface area contributed by atoms with E-state index in [9.17, 15) is 9.59 Å². The molecule has 0 bridgehead atoms. The van der Waals surface area contributed by atoms with Crippen molar-refractivity contribution in [1.29, 1.82) is 0 Å². The number of nitrogens with zero attached hydrogens (tertiary/aromatic N) is 1. The smallest absolute Gasteiger partial charge is 0.290 e. The van der Waals surface area contributed by atoms with Crippen LogP contribution in [0.25, 0.3) is 0 Å². The number of carbonyl (C=O) groups is 3. The zero-order chi connectivity index (χ0) is 24.1. The summed E-state index contributed by atoms with van der Waals surface area (Å²) in [5.41, 5.74) is 2.25. The SMILES string of the molecule is COc1ccc(CNC(=O)[C@@H]2CC[C@H](NC(=O)CCc3ccsc3)CN(C)C2)cc1.O=CO. The van der Waals surface area contributed by atoms with Crippen molar-refractivity contribution in [2.24, 2.45) is 5.92 Å². The summed E-state index contributed by atoms with van der Waals surface area (Å²) >= 11 is 1.66. The number of rotatable bonds is 8. The third kappa shape index (κ3) is 9.63. The van der Waals surface area contributed by atoms with E-state index in [4.69, 9.17) is 14.6 Å². The molecule has 8 nitrogen and oxygen atoms in total. The summed E-state index contributed by atoms with van der Waals surface area (Å²) in [7, 11) is 3.65. The maximum Gasteiger partial charge on any atom is 0.290 e. The summed E-state index contributed by atoms with van der Waals surface area (Å²) in [6.07, 6.45) is 2.86. The van der Waals surface area contributed by atoms with Gasteiger partial charge in [0.05, 0.1) is 13.0 Å². The highest BCUT2D eigenvalue weighted by molar-refractivity contribution is 7.07. The van der Waals surface area contributed by atoms with Crippen LogP contribution in [-0.4, -0.2) is 61.6 Å². The normalized spacial score (nSPS) is 18.2.